The molecule has 0 aliphatic heterocycles. The lowest BCUT2D eigenvalue weighted by Gasteiger charge is -2.10. The number of nitrogens with one attached hydrogen (secondary N) is 1. The molecule has 1 N–H and O–H groups in total. The lowest BCUT2D eigenvalue weighted by Crippen LogP contribution is -2.10. The number of rotatable bonds is 5. The van der Waals surface area contributed by atoms with Gasteiger partial charge in [-0.25, -0.2) is 9.59 Å². The van der Waals surface area contributed by atoms with Crippen molar-refractivity contribution >= 4 is 23.5 Å². The molecule has 6 nitrogen and oxygen atoms in total. The van der Waals surface area contributed by atoms with Crippen LogP contribution in [0.3, 0.4) is 0 Å². The molecule has 2 aromatic carbocycles. The van der Waals surface area contributed by atoms with E-state index >= 15 is 0 Å². The van der Waals surface area contributed by atoms with Crippen molar-refractivity contribution in [2.75, 3.05) is 12.4 Å². The number of amides is 1. The Balaban J connectivity index is 2.02. The van der Waals surface area contributed by atoms with E-state index in [1.165, 1.54) is 14.0 Å². The van der Waals surface area contributed by atoms with Crippen LogP contribution in [-0.2, 0) is 20.9 Å². The summed E-state index contributed by atoms with van der Waals surface area (Å²) in [5.74, 6) is -1.13. The molecule has 0 spiro atoms. The van der Waals surface area contributed by atoms with Crippen LogP contribution < -0.4 is 5.32 Å². The Morgan fingerprint density at radius 3 is 2.20 bits per heavy atom. The molecule has 0 aliphatic rings. The number of hydrogen-bond donors (Lipinski definition) is 1. The second kappa shape index (κ2) is 8.10. The van der Waals surface area contributed by atoms with Crippen molar-refractivity contribution in [3.63, 3.8) is 0 Å². The third-order valence-corrected chi connectivity index (χ3v) is 3.53. The van der Waals surface area contributed by atoms with Gasteiger partial charge in [0, 0.05) is 12.6 Å². The summed E-state index contributed by atoms with van der Waals surface area (Å²) >= 11 is 0. The van der Waals surface area contributed by atoms with E-state index in [-0.39, 0.29) is 12.5 Å². The molecule has 1 amide bonds. The topological polar surface area (TPSA) is 81.7 Å². The number of ether oxygens (including phenoxy) is 2. The van der Waals surface area contributed by atoms with Gasteiger partial charge in [-0.15, -0.1) is 0 Å². The van der Waals surface area contributed by atoms with Gasteiger partial charge in [-0.2, -0.15) is 0 Å². The van der Waals surface area contributed by atoms with Crippen molar-refractivity contribution < 1.29 is 23.9 Å². The molecule has 0 radical (unpaired) electrons. The number of methoxy groups -OCH3 is 1. The Morgan fingerprint density at radius 2 is 1.60 bits per heavy atom. The highest BCUT2D eigenvalue weighted by Crippen LogP contribution is 2.18. The summed E-state index contributed by atoms with van der Waals surface area (Å²) in [7, 11) is 1.31. The number of aryl methyl sites for hydroxylation is 1. The number of carbonyl (C=O) groups is 3. The zero-order valence-corrected chi connectivity index (χ0v) is 14.3. The van der Waals surface area contributed by atoms with Crippen molar-refractivity contribution in [3.05, 3.63) is 64.7 Å². The Kier molecular flexibility index (Phi) is 5.89. The molecule has 25 heavy (non-hydrogen) atoms. The van der Waals surface area contributed by atoms with Crippen LogP contribution in [0, 0.1) is 6.92 Å². The molecule has 0 unspecified atom stereocenters. The second-order valence-corrected chi connectivity index (χ2v) is 5.48. The van der Waals surface area contributed by atoms with Crippen molar-refractivity contribution in [3.8, 4) is 0 Å². The van der Waals surface area contributed by atoms with Gasteiger partial charge in [-0.05, 0) is 42.3 Å². The molecule has 0 heterocycles. The standard InChI is InChI=1S/C19H19NO5/c1-12-4-7-16(10-17(12)20-13(2)21)19(23)25-11-14-5-8-15(9-6-14)18(22)24-3/h4-10H,11H2,1-3H3,(H,20,21). The zero-order valence-electron chi connectivity index (χ0n) is 14.3. The lowest BCUT2D eigenvalue weighted by molar-refractivity contribution is -0.114. The fourth-order valence-corrected chi connectivity index (χ4v) is 2.16. The Labute approximate surface area is 145 Å². The number of carbonyl (C=O) groups excluding carboxylic acids is 3. The van der Waals surface area contributed by atoms with E-state index in [1.807, 2.05) is 6.92 Å². The van der Waals surface area contributed by atoms with E-state index in [0.29, 0.717) is 16.8 Å². The monoisotopic (exact) mass is 341 g/mol. The maximum absolute atomic E-state index is 12.2. The summed E-state index contributed by atoms with van der Waals surface area (Å²) in [6, 6.07) is 11.6. The van der Waals surface area contributed by atoms with Gasteiger partial charge in [0.2, 0.25) is 5.91 Å². The minimum atomic E-state index is -0.497. The molecule has 0 fully saturated rings. The van der Waals surface area contributed by atoms with E-state index in [0.717, 1.165) is 11.1 Å². The van der Waals surface area contributed by atoms with Crippen LogP contribution in [0.2, 0.25) is 0 Å². The van der Waals surface area contributed by atoms with Crippen molar-refractivity contribution in [2.45, 2.75) is 20.5 Å². The highest BCUT2D eigenvalue weighted by molar-refractivity contribution is 5.94. The van der Waals surface area contributed by atoms with Crippen LogP contribution in [0.25, 0.3) is 0 Å². The minimum Gasteiger partial charge on any atom is -0.465 e. The first-order valence-corrected chi connectivity index (χ1v) is 7.63. The summed E-state index contributed by atoms with van der Waals surface area (Å²) in [6.45, 7) is 3.31. The van der Waals surface area contributed by atoms with E-state index in [1.54, 1.807) is 42.5 Å². The number of anilines is 1. The fourth-order valence-electron chi connectivity index (χ4n) is 2.16. The summed E-state index contributed by atoms with van der Waals surface area (Å²) in [5, 5.41) is 2.67. The third kappa shape index (κ3) is 4.91. The summed E-state index contributed by atoms with van der Waals surface area (Å²) in [4.78, 5) is 34.7. The molecule has 2 aromatic rings. The molecule has 0 bridgehead atoms. The summed E-state index contributed by atoms with van der Waals surface area (Å²) in [5.41, 5.74) is 2.95. The van der Waals surface area contributed by atoms with Crippen molar-refractivity contribution in [1.82, 2.24) is 0 Å². The molecule has 2 rings (SSSR count). The van der Waals surface area contributed by atoms with Gasteiger partial charge in [0.05, 0.1) is 18.2 Å². The average molecular weight is 341 g/mol. The van der Waals surface area contributed by atoms with Crippen LogP contribution in [-0.4, -0.2) is 25.0 Å². The van der Waals surface area contributed by atoms with Gasteiger partial charge in [0.25, 0.3) is 0 Å². The predicted molar refractivity (Wildman–Crippen MR) is 92.4 cm³/mol. The molecule has 0 saturated heterocycles. The summed E-state index contributed by atoms with van der Waals surface area (Å²) in [6.07, 6.45) is 0. The van der Waals surface area contributed by atoms with Crippen LogP contribution in [0.4, 0.5) is 5.69 Å². The summed E-state index contributed by atoms with van der Waals surface area (Å²) < 4.78 is 9.90. The van der Waals surface area contributed by atoms with E-state index in [4.69, 9.17) is 4.74 Å². The van der Waals surface area contributed by atoms with Gasteiger partial charge < -0.3 is 14.8 Å². The Bertz CT molecular complexity index is 796. The first-order chi connectivity index (χ1) is 11.9. The van der Waals surface area contributed by atoms with Gasteiger partial charge in [-0.3, -0.25) is 4.79 Å². The maximum atomic E-state index is 12.2. The van der Waals surface area contributed by atoms with Gasteiger partial charge in [0.15, 0.2) is 0 Å². The SMILES string of the molecule is COC(=O)c1ccc(COC(=O)c2ccc(C)c(NC(C)=O)c2)cc1. The smallest absolute Gasteiger partial charge is 0.338 e. The molecule has 0 aliphatic carbocycles. The van der Waals surface area contributed by atoms with Crippen LogP contribution in [0.15, 0.2) is 42.5 Å². The van der Waals surface area contributed by atoms with Crippen LogP contribution in [0.5, 0.6) is 0 Å². The van der Waals surface area contributed by atoms with Gasteiger partial charge in [-0.1, -0.05) is 18.2 Å². The fraction of sp³-hybridized carbons (Fsp3) is 0.211. The maximum Gasteiger partial charge on any atom is 0.338 e. The first-order valence-electron chi connectivity index (χ1n) is 7.63. The van der Waals surface area contributed by atoms with Gasteiger partial charge >= 0.3 is 11.9 Å². The predicted octanol–water partition coefficient (Wildman–Crippen LogP) is 3.10. The largest absolute Gasteiger partial charge is 0.465 e. The number of esters is 2. The van der Waals surface area contributed by atoms with Gasteiger partial charge in [0.1, 0.15) is 6.61 Å². The Morgan fingerprint density at radius 1 is 0.960 bits per heavy atom. The molecular weight excluding hydrogens is 322 g/mol. The third-order valence-electron chi connectivity index (χ3n) is 3.53. The number of hydrogen-bond acceptors (Lipinski definition) is 5. The van der Waals surface area contributed by atoms with E-state index in [9.17, 15) is 14.4 Å². The van der Waals surface area contributed by atoms with E-state index in [2.05, 4.69) is 10.1 Å². The molecule has 0 aromatic heterocycles. The van der Waals surface area contributed by atoms with Crippen molar-refractivity contribution in [1.29, 1.82) is 0 Å². The first kappa shape index (κ1) is 18.2. The molecule has 130 valence electrons. The average Bonchev–Trinajstić information content (AvgIpc) is 2.61. The highest BCUT2D eigenvalue weighted by Gasteiger charge is 2.11. The quantitative estimate of drug-likeness (QED) is 0.845. The normalized spacial score (nSPS) is 10.0. The number of benzene rings is 2. The minimum absolute atomic E-state index is 0.0730. The molecule has 0 atom stereocenters. The highest BCUT2D eigenvalue weighted by atomic mass is 16.5. The molecular formula is C19H19NO5. The van der Waals surface area contributed by atoms with Crippen LogP contribution in [0.1, 0.15) is 38.8 Å². The van der Waals surface area contributed by atoms with Crippen molar-refractivity contribution in [2.24, 2.45) is 0 Å². The lowest BCUT2D eigenvalue weighted by atomic mass is 10.1. The van der Waals surface area contributed by atoms with Crippen LogP contribution >= 0.6 is 0 Å². The molecule has 0 saturated carbocycles. The Hall–Kier alpha value is -3.15. The second-order valence-electron chi connectivity index (χ2n) is 5.48. The van der Waals surface area contributed by atoms with E-state index < -0.39 is 11.9 Å². The zero-order chi connectivity index (χ0) is 18.4. The molecule has 6 heteroatoms.